The zero-order chi connectivity index (χ0) is 20.0. The molecule has 0 saturated carbocycles. The number of phenolic OH excluding ortho intramolecular Hbond substituents is 2. The second-order valence-electron chi connectivity index (χ2n) is 5.95. The number of aromatic hydroxyl groups is 2. The van der Waals surface area contributed by atoms with Gasteiger partial charge in [-0.1, -0.05) is 0 Å². The molecule has 0 aliphatic rings. The zero-order valence-corrected chi connectivity index (χ0v) is 16.2. The van der Waals surface area contributed by atoms with Gasteiger partial charge >= 0.3 is 0 Å². The number of hydrogen-bond donors (Lipinski definition) is 3. The zero-order valence-electron chi connectivity index (χ0n) is 15.5. The van der Waals surface area contributed by atoms with Gasteiger partial charge in [-0.15, -0.1) is 0 Å². The molecule has 1 atom stereocenters. The summed E-state index contributed by atoms with van der Waals surface area (Å²) >= 11 is 6.22. The van der Waals surface area contributed by atoms with Crippen LogP contribution in [0.5, 0.6) is 28.7 Å². The predicted molar refractivity (Wildman–Crippen MR) is 102 cm³/mol. The third-order valence-electron chi connectivity index (χ3n) is 4.05. The van der Waals surface area contributed by atoms with Crippen molar-refractivity contribution < 1.29 is 29.5 Å². The van der Waals surface area contributed by atoms with Crippen molar-refractivity contribution in [3.63, 3.8) is 0 Å². The second-order valence-corrected chi connectivity index (χ2v) is 6.43. The molecule has 3 N–H and O–H groups in total. The average molecular weight is 398 g/mol. The maximum absolute atomic E-state index is 10.3. The molecule has 0 aliphatic heterocycles. The first-order chi connectivity index (χ1) is 12.9. The summed E-state index contributed by atoms with van der Waals surface area (Å²) in [6.45, 7) is 0.566. The third kappa shape index (κ3) is 5.56. The molecule has 27 heavy (non-hydrogen) atoms. The Morgan fingerprint density at radius 3 is 1.96 bits per heavy atom. The molecule has 0 fully saturated rings. The van der Waals surface area contributed by atoms with Crippen molar-refractivity contribution in [2.75, 3.05) is 34.4 Å². The molecule has 0 saturated heterocycles. The molecule has 0 heterocycles. The first kappa shape index (κ1) is 21.0. The molecule has 0 radical (unpaired) electrons. The van der Waals surface area contributed by atoms with Gasteiger partial charge < -0.3 is 29.5 Å². The first-order valence-corrected chi connectivity index (χ1v) is 8.62. The molecule has 0 aliphatic carbocycles. The minimum atomic E-state index is -0.958. The molecular weight excluding hydrogens is 374 g/mol. The lowest BCUT2D eigenvalue weighted by Crippen LogP contribution is -2.22. The number of nitrogens with zero attached hydrogens (tertiary/aromatic N) is 1. The van der Waals surface area contributed by atoms with Gasteiger partial charge in [0, 0.05) is 19.2 Å². The van der Waals surface area contributed by atoms with E-state index in [1.54, 1.807) is 21.3 Å². The van der Waals surface area contributed by atoms with Crippen LogP contribution in [-0.2, 0) is 6.42 Å². The Bertz CT molecular complexity index is 725. The summed E-state index contributed by atoms with van der Waals surface area (Å²) in [5, 5.41) is 29.3. The Labute approximate surface area is 163 Å². The van der Waals surface area contributed by atoms with Crippen molar-refractivity contribution in [1.29, 1.82) is 0 Å². The fraction of sp³-hybridized carbons (Fsp3) is 0.368. The van der Waals surface area contributed by atoms with Gasteiger partial charge in [-0.2, -0.15) is 0 Å². The second kappa shape index (κ2) is 9.55. The van der Waals surface area contributed by atoms with E-state index >= 15 is 0 Å². The SMILES string of the molecule is COc1cc(CCN(Cl)C[C@H](O)c2cc(O)cc(O)c2)cc(OC)c1OC. The van der Waals surface area contributed by atoms with Crippen LogP contribution in [0.4, 0.5) is 0 Å². The minimum absolute atomic E-state index is 0.120. The van der Waals surface area contributed by atoms with E-state index in [-0.39, 0.29) is 18.0 Å². The van der Waals surface area contributed by atoms with Crippen LogP contribution in [0.2, 0.25) is 0 Å². The average Bonchev–Trinajstić information content (AvgIpc) is 2.64. The van der Waals surface area contributed by atoms with Gasteiger partial charge in [0.05, 0.1) is 27.4 Å². The van der Waals surface area contributed by atoms with E-state index in [9.17, 15) is 15.3 Å². The number of aliphatic hydroxyl groups excluding tert-OH is 1. The van der Waals surface area contributed by atoms with Crippen LogP contribution < -0.4 is 14.2 Å². The molecule has 2 aromatic rings. The quantitative estimate of drug-likeness (QED) is 0.560. The summed E-state index contributed by atoms with van der Waals surface area (Å²) in [6.07, 6.45) is -0.376. The Balaban J connectivity index is 2.01. The number of halogens is 1. The van der Waals surface area contributed by atoms with Gasteiger partial charge in [0.2, 0.25) is 5.75 Å². The number of benzene rings is 2. The van der Waals surface area contributed by atoms with Crippen molar-refractivity contribution in [1.82, 2.24) is 4.42 Å². The minimum Gasteiger partial charge on any atom is -0.508 e. The fourth-order valence-corrected chi connectivity index (χ4v) is 2.94. The summed E-state index contributed by atoms with van der Waals surface area (Å²) in [7, 11) is 4.65. The summed E-state index contributed by atoms with van der Waals surface area (Å²) in [5.41, 5.74) is 1.31. The van der Waals surface area contributed by atoms with Crippen LogP contribution in [0.15, 0.2) is 30.3 Å². The van der Waals surface area contributed by atoms with E-state index in [1.807, 2.05) is 12.1 Å². The van der Waals surface area contributed by atoms with Gasteiger partial charge in [-0.25, -0.2) is 4.42 Å². The largest absolute Gasteiger partial charge is 0.508 e. The standard InChI is InChI=1S/C19H24ClNO6/c1-25-17-6-12(7-18(26-2)19(17)27-3)4-5-21(20)11-16(24)13-8-14(22)10-15(23)9-13/h6-10,16,22-24H,4-5,11H2,1-3H3/t16-/m0/s1. The van der Waals surface area contributed by atoms with Crippen molar-refractivity contribution >= 4 is 11.8 Å². The number of phenols is 2. The number of ether oxygens (including phenoxy) is 3. The van der Waals surface area contributed by atoms with Gasteiger partial charge in [0.1, 0.15) is 11.5 Å². The predicted octanol–water partition coefficient (Wildman–Crippen LogP) is 2.86. The topological polar surface area (TPSA) is 91.6 Å². The van der Waals surface area contributed by atoms with Crippen molar-refractivity contribution in [3.8, 4) is 28.7 Å². The lowest BCUT2D eigenvalue weighted by Gasteiger charge is -2.19. The smallest absolute Gasteiger partial charge is 0.203 e. The summed E-state index contributed by atoms with van der Waals surface area (Å²) in [6, 6.07) is 7.65. The molecule has 8 heteroatoms. The summed E-state index contributed by atoms with van der Waals surface area (Å²) < 4.78 is 17.4. The van der Waals surface area contributed by atoms with Gasteiger partial charge in [-0.05, 0) is 53.6 Å². The van der Waals surface area contributed by atoms with E-state index in [1.165, 1.54) is 22.6 Å². The molecular formula is C19H24ClNO6. The highest BCUT2D eigenvalue weighted by molar-refractivity contribution is 6.13. The molecule has 0 bridgehead atoms. The maximum atomic E-state index is 10.3. The van der Waals surface area contributed by atoms with Gasteiger partial charge in [0.25, 0.3) is 0 Å². The highest BCUT2D eigenvalue weighted by Gasteiger charge is 2.16. The van der Waals surface area contributed by atoms with E-state index in [0.29, 0.717) is 35.8 Å². The number of methoxy groups -OCH3 is 3. The Morgan fingerprint density at radius 1 is 0.926 bits per heavy atom. The number of aliphatic hydroxyl groups is 1. The van der Waals surface area contributed by atoms with E-state index in [4.69, 9.17) is 26.0 Å². The molecule has 0 unspecified atom stereocenters. The van der Waals surface area contributed by atoms with E-state index in [2.05, 4.69) is 0 Å². The van der Waals surface area contributed by atoms with Crippen molar-refractivity contribution in [3.05, 3.63) is 41.5 Å². The van der Waals surface area contributed by atoms with Crippen molar-refractivity contribution in [2.45, 2.75) is 12.5 Å². The fourth-order valence-electron chi connectivity index (χ4n) is 2.72. The Hall–Kier alpha value is -2.35. The van der Waals surface area contributed by atoms with Crippen LogP contribution in [0.25, 0.3) is 0 Å². The molecule has 2 aromatic carbocycles. The monoisotopic (exact) mass is 397 g/mol. The highest BCUT2D eigenvalue weighted by atomic mass is 35.5. The molecule has 7 nitrogen and oxygen atoms in total. The third-order valence-corrected chi connectivity index (χ3v) is 4.36. The first-order valence-electron chi connectivity index (χ1n) is 8.28. The molecule has 148 valence electrons. The summed E-state index contributed by atoms with van der Waals surface area (Å²) in [4.78, 5) is 0. The summed E-state index contributed by atoms with van der Waals surface area (Å²) in [5.74, 6) is 1.39. The van der Waals surface area contributed by atoms with Crippen LogP contribution >= 0.6 is 11.8 Å². The Morgan fingerprint density at radius 2 is 1.48 bits per heavy atom. The molecule has 0 spiro atoms. The lowest BCUT2D eigenvalue weighted by molar-refractivity contribution is 0.149. The molecule has 2 rings (SSSR count). The van der Waals surface area contributed by atoms with Gasteiger partial charge in [-0.3, -0.25) is 0 Å². The van der Waals surface area contributed by atoms with Crippen LogP contribution in [0, 0.1) is 0 Å². The van der Waals surface area contributed by atoms with E-state index < -0.39 is 6.10 Å². The van der Waals surface area contributed by atoms with E-state index in [0.717, 1.165) is 5.56 Å². The van der Waals surface area contributed by atoms with Crippen LogP contribution in [0.3, 0.4) is 0 Å². The lowest BCUT2D eigenvalue weighted by atomic mass is 10.1. The van der Waals surface area contributed by atoms with Crippen LogP contribution in [-0.4, -0.2) is 54.2 Å². The number of rotatable bonds is 9. The maximum Gasteiger partial charge on any atom is 0.203 e. The van der Waals surface area contributed by atoms with Crippen molar-refractivity contribution in [2.24, 2.45) is 0 Å². The molecule has 0 aromatic heterocycles. The van der Waals surface area contributed by atoms with Gasteiger partial charge in [0.15, 0.2) is 11.5 Å². The van der Waals surface area contributed by atoms with Crippen LogP contribution in [0.1, 0.15) is 17.2 Å². The highest BCUT2D eigenvalue weighted by Crippen LogP contribution is 2.38. The number of hydrogen-bond acceptors (Lipinski definition) is 7. The Kier molecular flexibility index (Phi) is 7.41. The molecule has 0 amide bonds. The normalized spacial score (nSPS) is 12.1.